The van der Waals surface area contributed by atoms with Crippen LogP contribution in [0, 0.1) is 0 Å². The van der Waals surface area contributed by atoms with Crippen LogP contribution in [0.25, 0.3) is 0 Å². The van der Waals surface area contributed by atoms with Gasteiger partial charge in [0.15, 0.2) is 0 Å². The van der Waals surface area contributed by atoms with Crippen LogP contribution >= 0.6 is 0 Å². The number of nitrogens with zero attached hydrogens (tertiary/aromatic N) is 4. The van der Waals surface area contributed by atoms with Crippen LogP contribution in [0.15, 0.2) is 12.4 Å². The molecule has 7 heteroatoms. The molecule has 1 aromatic heterocycles. The lowest BCUT2D eigenvalue weighted by Gasteiger charge is -2.32. The first-order valence-electron chi connectivity index (χ1n) is 5.63. The summed E-state index contributed by atoms with van der Waals surface area (Å²) >= 11 is 0. The SMILES string of the molecule is CN1CCN(NCc2nccn2C(F)F)CC1. The third-order valence-corrected chi connectivity index (χ3v) is 2.92. The molecule has 0 amide bonds. The molecular formula is C10H17F2N5. The van der Waals surface area contributed by atoms with Crippen molar-refractivity contribution in [1.82, 2.24) is 24.9 Å². The molecule has 0 unspecified atom stereocenters. The zero-order valence-corrected chi connectivity index (χ0v) is 9.81. The molecule has 0 aromatic carbocycles. The Kier molecular flexibility index (Phi) is 4.03. The van der Waals surface area contributed by atoms with Crippen molar-refractivity contribution in [3.8, 4) is 0 Å². The molecule has 2 rings (SSSR count). The molecule has 0 saturated carbocycles. The number of alkyl halides is 2. The van der Waals surface area contributed by atoms with Crippen LogP contribution in [0.5, 0.6) is 0 Å². The van der Waals surface area contributed by atoms with E-state index in [2.05, 4.69) is 22.4 Å². The van der Waals surface area contributed by atoms with E-state index in [4.69, 9.17) is 0 Å². The fourth-order valence-electron chi connectivity index (χ4n) is 1.81. The van der Waals surface area contributed by atoms with Gasteiger partial charge in [-0.15, -0.1) is 0 Å². The summed E-state index contributed by atoms with van der Waals surface area (Å²) in [5.41, 5.74) is 3.13. The van der Waals surface area contributed by atoms with Gasteiger partial charge in [-0.2, -0.15) is 8.78 Å². The first-order valence-corrected chi connectivity index (χ1v) is 5.63. The topological polar surface area (TPSA) is 36.3 Å². The molecule has 5 nitrogen and oxygen atoms in total. The van der Waals surface area contributed by atoms with Crippen LogP contribution in [0.2, 0.25) is 0 Å². The fourth-order valence-corrected chi connectivity index (χ4v) is 1.81. The van der Waals surface area contributed by atoms with Crippen molar-refractivity contribution in [1.29, 1.82) is 0 Å². The Labute approximate surface area is 99.0 Å². The van der Waals surface area contributed by atoms with Crippen LogP contribution in [0.1, 0.15) is 12.4 Å². The number of aromatic nitrogens is 2. The van der Waals surface area contributed by atoms with Gasteiger partial charge in [0.2, 0.25) is 0 Å². The number of piperazine rings is 1. The lowest BCUT2D eigenvalue weighted by molar-refractivity contribution is 0.0618. The Hall–Kier alpha value is -1.05. The average Bonchev–Trinajstić information content (AvgIpc) is 2.76. The minimum atomic E-state index is -2.53. The van der Waals surface area contributed by atoms with Crippen molar-refractivity contribution in [3.05, 3.63) is 18.2 Å². The lowest BCUT2D eigenvalue weighted by Crippen LogP contribution is -2.50. The third-order valence-electron chi connectivity index (χ3n) is 2.92. The van der Waals surface area contributed by atoms with Crippen molar-refractivity contribution >= 4 is 0 Å². The fraction of sp³-hybridized carbons (Fsp3) is 0.700. The van der Waals surface area contributed by atoms with E-state index in [0.29, 0.717) is 12.4 Å². The quantitative estimate of drug-likeness (QED) is 0.839. The molecule has 0 spiro atoms. The molecule has 96 valence electrons. The van der Waals surface area contributed by atoms with Gasteiger partial charge in [0.25, 0.3) is 0 Å². The van der Waals surface area contributed by atoms with E-state index < -0.39 is 6.55 Å². The van der Waals surface area contributed by atoms with Crippen molar-refractivity contribution in [3.63, 3.8) is 0 Å². The molecule has 1 fully saturated rings. The first-order chi connectivity index (χ1) is 8.16. The molecule has 0 aliphatic carbocycles. The molecule has 17 heavy (non-hydrogen) atoms. The Bertz CT molecular complexity index is 346. The molecule has 0 radical (unpaired) electrons. The van der Waals surface area contributed by atoms with Crippen LogP contribution in [-0.4, -0.2) is 52.7 Å². The Morgan fingerprint density at radius 1 is 1.35 bits per heavy atom. The molecule has 2 heterocycles. The lowest BCUT2D eigenvalue weighted by atomic mass is 10.4. The first kappa shape index (κ1) is 12.4. The summed E-state index contributed by atoms with van der Waals surface area (Å²) in [6.45, 7) is 1.56. The number of likely N-dealkylation sites (N-methyl/N-ethyl adjacent to an activating group) is 1. The van der Waals surface area contributed by atoms with Gasteiger partial charge in [-0.25, -0.2) is 15.4 Å². The molecule has 1 saturated heterocycles. The predicted molar refractivity (Wildman–Crippen MR) is 59.4 cm³/mol. The normalized spacial score (nSPS) is 19.1. The minimum absolute atomic E-state index is 0.334. The summed E-state index contributed by atoms with van der Waals surface area (Å²) in [6, 6.07) is 0. The van der Waals surface area contributed by atoms with E-state index in [0.717, 1.165) is 30.7 Å². The van der Waals surface area contributed by atoms with Crippen molar-refractivity contribution < 1.29 is 8.78 Å². The maximum Gasteiger partial charge on any atom is 0.319 e. The molecule has 1 aromatic rings. The summed E-state index contributed by atoms with van der Waals surface area (Å²) in [5.74, 6) is 0.360. The van der Waals surface area contributed by atoms with Crippen molar-refractivity contribution in [2.24, 2.45) is 0 Å². The molecule has 0 bridgehead atoms. The average molecular weight is 245 g/mol. The van der Waals surface area contributed by atoms with Crippen molar-refractivity contribution in [2.75, 3.05) is 33.2 Å². The number of hydrazine groups is 1. The zero-order chi connectivity index (χ0) is 12.3. The molecular weight excluding hydrogens is 228 g/mol. The van der Waals surface area contributed by atoms with E-state index in [-0.39, 0.29) is 0 Å². The summed E-state index contributed by atoms with van der Waals surface area (Å²) < 4.78 is 26.0. The standard InChI is InChI=1S/C10H17F2N5/c1-15-4-6-16(7-5-15)14-8-9-13-2-3-17(9)10(11)12/h2-3,10,14H,4-8H2,1H3. The molecule has 1 aliphatic rings. The number of hydrogen-bond donors (Lipinski definition) is 1. The highest BCUT2D eigenvalue weighted by atomic mass is 19.3. The maximum atomic E-state index is 12.6. The van der Waals surface area contributed by atoms with Gasteiger partial charge in [0.1, 0.15) is 5.82 Å². The Balaban J connectivity index is 1.83. The van der Waals surface area contributed by atoms with Crippen molar-refractivity contribution in [2.45, 2.75) is 13.1 Å². The van der Waals surface area contributed by atoms with E-state index in [1.54, 1.807) is 0 Å². The number of rotatable bonds is 4. The van der Waals surface area contributed by atoms with E-state index in [1.165, 1.54) is 12.4 Å². The second-order valence-electron chi connectivity index (χ2n) is 4.15. The number of halogens is 2. The Morgan fingerprint density at radius 3 is 2.71 bits per heavy atom. The summed E-state index contributed by atoms with van der Waals surface area (Å²) in [6.07, 6.45) is 2.69. The van der Waals surface area contributed by atoms with Gasteiger partial charge in [0, 0.05) is 38.6 Å². The van der Waals surface area contributed by atoms with Crippen LogP contribution in [0.3, 0.4) is 0 Å². The largest absolute Gasteiger partial charge is 0.319 e. The summed E-state index contributed by atoms with van der Waals surface area (Å²) in [7, 11) is 2.07. The van der Waals surface area contributed by atoms with E-state index in [9.17, 15) is 8.78 Å². The molecule has 1 N–H and O–H groups in total. The Morgan fingerprint density at radius 2 is 2.06 bits per heavy atom. The maximum absolute atomic E-state index is 12.6. The van der Waals surface area contributed by atoms with Gasteiger partial charge < -0.3 is 4.90 Å². The monoisotopic (exact) mass is 245 g/mol. The van der Waals surface area contributed by atoms with Gasteiger partial charge >= 0.3 is 6.55 Å². The van der Waals surface area contributed by atoms with E-state index in [1.807, 2.05) is 5.01 Å². The van der Waals surface area contributed by atoms with Gasteiger partial charge in [-0.3, -0.25) is 4.57 Å². The smallest absolute Gasteiger partial charge is 0.304 e. The van der Waals surface area contributed by atoms with Gasteiger partial charge in [-0.1, -0.05) is 0 Å². The van der Waals surface area contributed by atoms with Crippen LogP contribution in [0.4, 0.5) is 8.78 Å². The van der Waals surface area contributed by atoms with Gasteiger partial charge in [-0.05, 0) is 7.05 Å². The summed E-state index contributed by atoms with van der Waals surface area (Å²) in [5, 5.41) is 2.05. The number of imidazole rings is 1. The third kappa shape index (κ3) is 3.21. The highest BCUT2D eigenvalue weighted by Gasteiger charge is 2.15. The van der Waals surface area contributed by atoms with E-state index >= 15 is 0 Å². The number of nitrogens with one attached hydrogen (secondary N) is 1. The molecule has 1 aliphatic heterocycles. The number of hydrogen-bond acceptors (Lipinski definition) is 4. The van der Waals surface area contributed by atoms with Crippen LogP contribution < -0.4 is 5.43 Å². The second-order valence-corrected chi connectivity index (χ2v) is 4.15. The van der Waals surface area contributed by atoms with Crippen LogP contribution in [-0.2, 0) is 6.54 Å². The predicted octanol–water partition coefficient (Wildman–Crippen LogP) is 0.530. The summed E-state index contributed by atoms with van der Waals surface area (Å²) in [4.78, 5) is 6.15. The molecule has 0 atom stereocenters. The minimum Gasteiger partial charge on any atom is -0.304 e. The zero-order valence-electron chi connectivity index (χ0n) is 9.81. The highest BCUT2D eigenvalue weighted by Crippen LogP contribution is 2.12. The van der Waals surface area contributed by atoms with Gasteiger partial charge in [0.05, 0.1) is 6.54 Å². The highest BCUT2D eigenvalue weighted by molar-refractivity contribution is 4.92. The second kappa shape index (κ2) is 5.52.